The van der Waals surface area contributed by atoms with Gasteiger partial charge in [-0.2, -0.15) is 0 Å². The number of hydrogen-bond donors (Lipinski definition) is 1. The first-order chi connectivity index (χ1) is 4.43. The summed E-state index contributed by atoms with van der Waals surface area (Å²) >= 11 is 0. The average Bonchev–Trinajstić information content (AvgIpc) is 1.91. The molecule has 0 amide bonds. The minimum Gasteiger partial charge on any atom is -0.304 e. The molecule has 48 valence electrons. The van der Waals surface area contributed by atoms with Gasteiger partial charge in [0.25, 0.3) is 0 Å². The highest BCUT2D eigenvalue weighted by atomic mass is 14.9. The molecule has 0 aromatic heterocycles. The molecular weight excluding hydrogens is 110 g/mol. The topological polar surface area (TPSA) is 12.0 Å². The van der Waals surface area contributed by atoms with Gasteiger partial charge in [0.1, 0.15) is 0 Å². The molecule has 9 heavy (non-hydrogen) atoms. The van der Waals surface area contributed by atoms with Crippen LogP contribution >= 0.6 is 0 Å². The van der Waals surface area contributed by atoms with Gasteiger partial charge in [-0.3, -0.25) is 0 Å². The summed E-state index contributed by atoms with van der Waals surface area (Å²) in [7, 11) is 0. The summed E-state index contributed by atoms with van der Waals surface area (Å²) in [6.07, 6.45) is 7.17. The predicted molar refractivity (Wildman–Crippen MR) is 38.7 cm³/mol. The Labute approximate surface area is 56.5 Å². The number of hydrogen-bond acceptors (Lipinski definition) is 1. The summed E-state index contributed by atoms with van der Waals surface area (Å²) in [5, 5.41) is 3.04. The van der Waals surface area contributed by atoms with Crippen molar-refractivity contribution in [2.45, 2.75) is 6.42 Å². The highest BCUT2D eigenvalue weighted by Gasteiger charge is 2.05. The highest BCUT2D eigenvalue weighted by molar-refractivity contribution is 5.02. The van der Waals surface area contributed by atoms with Gasteiger partial charge in [0.2, 0.25) is 0 Å². The number of rotatable bonds is 2. The molecule has 1 aliphatic heterocycles. The Hall–Kier alpha value is -0.560. The van der Waals surface area contributed by atoms with E-state index in [1.165, 1.54) is 0 Å². The van der Waals surface area contributed by atoms with E-state index in [0.717, 1.165) is 13.0 Å². The fourth-order valence-electron chi connectivity index (χ4n) is 0.846. The lowest BCUT2D eigenvalue weighted by Crippen LogP contribution is -2.19. The minimum atomic E-state index is 0.441. The maximum absolute atomic E-state index is 3.65. The monoisotopic (exact) mass is 121 g/mol. The summed E-state index contributed by atoms with van der Waals surface area (Å²) in [4.78, 5) is 0. The van der Waals surface area contributed by atoms with Gasteiger partial charge in [0, 0.05) is 12.5 Å². The second-order valence-corrected chi connectivity index (χ2v) is 2.08. The van der Waals surface area contributed by atoms with Gasteiger partial charge in [0.15, 0.2) is 0 Å². The first-order valence-corrected chi connectivity index (χ1v) is 3.19. The SMILES string of the molecule is C=CCC1[C]NCC=C1. The second kappa shape index (κ2) is 3.46. The predicted octanol–water partition coefficient (Wildman–Crippen LogP) is 1.38. The standard InChI is InChI=1S/C8H11N/c1-2-4-8-5-3-6-9-7-8/h2-3,5,8-9H,1,4,6H2. The van der Waals surface area contributed by atoms with Crippen LogP contribution in [0.2, 0.25) is 0 Å². The van der Waals surface area contributed by atoms with E-state index in [9.17, 15) is 0 Å². The van der Waals surface area contributed by atoms with Crippen molar-refractivity contribution >= 4 is 0 Å². The van der Waals surface area contributed by atoms with Crippen molar-refractivity contribution in [1.82, 2.24) is 5.32 Å². The molecule has 1 atom stereocenters. The van der Waals surface area contributed by atoms with Crippen molar-refractivity contribution in [2.75, 3.05) is 6.54 Å². The largest absolute Gasteiger partial charge is 0.304 e. The first-order valence-electron chi connectivity index (χ1n) is 3.19. The molecule has 1 heterocycles. The Morgan fingerprint density at radius 3 is 3.33 bits per heavy atom. The van der Waals surface area contributed by atoms with Crippen LogP contribution in [0.15, 0.2) is 24.8 Å². The third-order valence-corrected chi connectivity index (χ3v) is 1.30. The third kappa shape index (κ3) is 2.02. The zero-order valence-corrected chi connectivity index (χ0v) is 5.43. The normalized spacial score (nSPS) is 26.0. The molecule has 0 aliphatic carbocycles. The van der Waals surface area contributed by atoms with Crippen molar-refractivity contribution in [3.05, 3.63) is 31.4 Å². The van der Waals surface area contributed by atoms with Crippen molar-refractivity contribution in [3.63, 3.8) is 0 Å². The Morgan fingerprint density at radius 1 is 1.89 bits per heavy atom. The lowest BCUT2D eigenvalue weighted by atomic mass is 10.0. The molecule has 0 saturated carbocycles. The van der Waals surface area contributed by atoms with Crippen molar-refractivity contribution in [3.8, 4) is 0 Å². The fourth-order valence-corrected chi connectivity index (χ4v) is 0.846. The van der Waals surface area contributed by atoms with Gasteiger partial charge < -0.3 is 5.32 Å². The molecule has 1 N–H and O–H groups in total. The molecule has 0 aromatic carbocycles. The first kappa shape index (κ1) is 6.56. The Bertz CT molecular complexity index is 116. The van der Waals surface area contributed by atoms with Gasteiger partial charge in [0.05, 0.1) is 6.54 Å². The summed E-state index contributed by atoms with van der Waals surface area (Å²) in [6, 6.07) is 0. The summed E-state index contributed by atoms with van der Waals surface area (Å²) in [5.74, 6) is 0.441. The molecular formula is C8H11N. The highest BCUT2D eigenvalue weighted by Crippen LogP contribution is 2.10. The molecule has 1 unspecified atom stereocenters. The van der Waals surface area contributed by atoms with Gasteiger partial charge in [-0.25, -0.2) is 0 Å². The zero-order valence-electron chi connectivity index (χ0n) is 5.43. The van der Waals surface area contributed by atoms with Crippen LogP contribution in [0.25, 0.3) is 0 Å². The molecule has 1 nitrogen and oxygen atoms in total. The Kier molecular flexibility index (Phi) is 2.52. The van der Waals surface area contributed by atoms with Crippen LogP contribution in [-0.4, -0.2) is 6.54 Å². The van der Waals surface area contributed by atoms with Crippen molar-refractivity contribution < 1.29 is 0 Å². The maximum Gasteiger partial charge on any atom is 0.0667 e. The molecule has 0 saturated heterocycles. The third-order valence-electron chi connectivity index (χ3n) is 1.30. The molecule has 1 heteroatoms. The molecule has 1 rings (SSSR count). The van der Waals surface area contributed by atoms with Crippen LogP contribution in [0.3, 0.4) is 0 Å². The summed E-state index contributed by atoms with van der Waals surface area (Å²) in [5.41, 5.74) is 0. The van der Waals surface area contributed by atoms with E-state index in [2.05, 4.69) is 30.6 Å². The van der Waals surface area contributed by atoms with Crippen molar-refractivity contribution in [1.29, 1.82) is 0 Å². The van der Waals surface area contributed by atoms with E-state index < -0.39 is 0 Å². The van der Waals surface area contributed by atoms with Gasteiger partial charge in [-0.15, -0.1) is 6.58 Å². The van der Waals surface area contributed by atoms with E-state index in [1.54, 1.807) is 0 Å². The van der Waals surface area contributed by atoms with Crippen LogP contribution in [0.4, 0.5) is 0 Å². The lowest BCUT2D eigenvalue weighted by molar-refractivity contribution is 0.651. The summed E-state index contributed by atoms with van der Waals surface area (Å²) < 4.78 is 0. The van der Waals surface area contributed by atoms with Crippen LogP contribution in [0, 0.1) is 12.5 Å². The van der Waals surface area contributed by atoms with E-state index in [4.69, 9.17) is 0 Å². The number of nitrogens with one attached hydrogen (secondary N) is 1. The molecule has 0 spiro atoms. The lowest BCUT2D eigenvalue weighted by Gasteiger charge is -2.13. The second-order valence-electron chi connectivity index (χ2n) is 2.08. The Balaban J connectivity index is 2.31. The fraction of sp³-hybridized carbons (Fsp3) is 0.375. The minimum absolute atomic E-state index is 0.441. The maximum atomic E-state index is 3.65. The van der Waals surface area contributed by atoms with Gasteiger partial charge >= 0.3 is 0 Å². The van der Waals surface area contributed by atoms with Crippen LogP contribution in [-0.2, 0) is 0 Å². The van der Waals surface area contributed by atoms with Gasteiger partial charge in [-0.05, 0) is 6.42 Å². The smallest absolute Gasteiger partial charge is 0.0667 e. The van der Waals surface area contributed by atoms with Crippen LogP contribution in [0.5, 0.6) is 0 Å². The van der Waals surface area contributed by atoms with Crippen LogP contribution < -0.4 is 5.32 Å². The van der Waals surface area contributed by atoms with Gasteiger partial charge in [-0.1, -0.05) is 18.2 Å². The molecule has 2 radical (unpaired) electrons. The number of allylic oxidation sites excluding steroid dienone is 1. The Morgan fingerprint density at radius 2 is 2.78 bits per heavy atom. The molecule has 1 aliphatic rings. The van der Waals surface area contributed by atoms with E-state index >= 15 is 0 Å². The van der Waals surface area contributed by atoms with Crippen LogP contribution in [0.1, 0.15) is 6.42 Å². The molecule has 0 bridgehead atoms. The zero-order chi connectivity index (χ0) is 6.53. The molecule has 0 fully saturated rings. The molecule has 0 aromatic rings. The van der Waals surface area contributed by atoms with Crippen molar-refractivity contribution in [2.24, 2.45) is 5.92 Å². The summed E-state index contributed by atoms with van der Waals surface area (Å²) in [6.45, 7) is 7.69. The van der Waals surface area contributed by atoms with E-state index in [-0.39, 0.29) is 0 Å². The quantitative estimate of drug-likeness (QED) is 0.544. The van der Waals surface area contributed by atoms with E-state index in [0.29, 0.717) is 5.92 Å². The van der Waals surface area contributed by atoms with E-state index in [1.807, 2.05) is 6.08 Å². The average molecular weight is 121 g/mol.